The number of phenolic OH excluding ortho intramolecular Hbond substituents is 2. The molecule has 0 aliphatic heterocycles. The van der Waals surface area contributed by atoms with Crippen LogP contribution in [0.15, 0.2) is 36.4 Å². The monoisotopic (exact) mass is 160 g/mol. The Morgan fingerprint density at radius 1 is 0.667 bits per heavy atom. The Morgan fingerprint density at radius 3 is 1.50 bits per heavy atom. The van der Waals surface area contributed by atoms with Crippen LogP contribution in [-0.4, -0.2) is 10.2 Å². The lowest BCUT2D eigenvalue weighted by molar-refractivity contribution is 0.474. The number of rotatable bonds is 0. The summed E-state index contributed by atoms with van der Waals surface area (Å²) in [6.45, 7) is 0. The van der Waals surface area contributed by atoms with Crippen LogP contribution in [0, 0.1) is 0 Å². The van der Waals surface area contributed by atoms with Gasteiger partial charge in [0.05, 0.1) is 0 Å². The van der Waals surface area contributed by atoms with Crippen molar-refractivity contribution < 1.29 is 10.2 Å². The molecule has 0 saturated carbocycles. The molecule has 0 amide bonds. The van der Waals surface area contributed by atoms with Gasteiger partial charge in [0.2, 0.25) is 0 Å². The van der Waals surface area contributed by atoms with Crippen molar-refractivity contribution in [2.45, 2.75) is 0 Å². The van der Waals surface area contributed by atoms with Crippen molar-refractivity contribution >= 4 is 10.8 Å². The molecule has 0 fully saturated rings. The highest BCUT2D eigenvalue weighted by Crippen LogP contribution is 2.23. The summed E-state index contributed by atoms with van der Waals surface area (Å²) in [6, 6.07) is 10.1. The zero-order chi connectivity index (χ0) is 8.55. The SMILES string of the molecule is Oc1ccc2cc(O)ccc2c1. The molecule has 0 saturated heterocycles. The van der Waals surface area contributed by atoms with Gasteiger partial charge < -0.3 is 10.2 Å². The molecule has 2 rings (SSSR count). The molecular weight excluding hydrogens is 152 g/mol. The summed E-state index contributed by atoms with van der Waals surface area (Å²) in [5.41, 5.74) is 0. The smallest absolute Gasteiger partial charge is 0.116 e. The number of phenols is 2. The lowest BCUT2D eigenvalue weighted by Gasteiger charge is -1.98. The number of hydrogen-bond acceptors (Lipinski definition) is 2. The van der Waals surface area contributed by atoms with E-state index in [-0.39, 0.29) is 11.5 Å². The molecule has 2 aromatic rings. The van der Waals surface area contributed by atoms with Gasteiger partial charge in [0.1, 0.15) is 11.5 Å². The Balaban J connectivity index is 2.79. The van der Waals surface area contributed by atoms with Gasteiger partial charge in [-0.15, -0.1) is 0 Å². The van der Waals surface area contributed by atoms with E-state index in [9.17, 15) is 0 Å². The maximum absolute atomic E-state index is 9.14. The molecule has 0 unspecified atom stereocenters. The van der Waals surface area contributed by atoms with Crippen LogP contribution in [0.3, 0.4) is 0 Å². The summed E-state index contributed by atoms with van der Waals surface area (Å²) in [5.74, 6) is 0.487. The van der Waals surface area contributed by atoms with Crippen molar-refractivity contribution in [1.82, 2.24) is 0 Å². The Labute approximate surface area is 69.7 Å². The summed E-state index contributed by atoms with van der Waals surface area (Å²) < 4.78 is 0. The summed E-state index contributed by atoms with van der Waals surface area (Å²) in [4.78, 5) is 0. The van der Waals surface area contributed by atoms with Gasteiger partial charge in [0.25, 0.3) is 0 Å². The number of benzene rings is 2. The molecular formula is C10H8O2. The summed E-state index contributed by atoms with van der Waals surface area (Å²) >= 11 is 0. The molecule has 0 aliphatic carbocycles. The van der Waals surface area contributed by atoms with Crippen LogP contribution in [-0.2, 0) is 0 Å². The summed E-state index contributed by atoms with van der Waals surface area (Å²) in [5, 5.41) is 20.1. The van der Waals surface area contributed by atoms with Gasteiger partial charge in [-0.1, -0.05) is 12.1 Å². The highest BCUT2D eigenvalue weighted by molar-refractivity contribution is 5.84. The molecule has 2 aromatic carbocycles. The highest BCUT2D eigenvalue weighted by Gasteiger charge is 1.95. The molecule has 2 heteroatoms. The van der Waals surface area contributed by atoms with Crippen molar-refractivity contribution in [2.24, 2.45) is 0 Å². The van der Waals surface area contributed by atoms with Gasteiger partial charge in [0.15, 0.2) is 0 Å². The Hall–Kier alpha value is -1.70. The highest BCUT2D eigenvalue weighted by atomic mass is 16.3. The Bertz CT molecular complexity index is 380. The first-order valence-electron chi connectivity index (χ1n) is 3.67. The van der Waals surface area contributed by atoms with Crippen molar-refractivity contribution in [3.05, 3.63) is 36.4 Å². The second-order valence-electron chi connectivity index (χ2n) is 2.72. The molecule has 2 N–H and O–H groups in total. The fourth-order valence-corrected chi connectivity index (χ4v) is 1.22. The molecule has 0 radical (unpaired) electrons. The minimum atomic E-state index is 0.244. The van der Waals surface area contributed by atoms with Crippen LogP contribution in [0.5, 0.6) is 11.5 Å². The zero-order valence-corrected chi connectivity index (χ0v) is 6.36. The third-order valence-corrected chi connectivity index (χ3v) is 1.81. The minimum Gasteiger partial charge on any atom is -0.508 e. The molecule has 0 atom stereocenters. The quantitative estimate of drug-likeness (QED) is 0.620. The van der Waals surface area contributed by atoms with Crippen LogP contribution in [0.4, 0.5) is 0 Å². The van der Waals surface area contributed by atoms with Gasteiger partial charge in [-0.3, -0.25) is 0 Å². The maximum atomic E-state index is 9.14. The topological polar surface area (TPSA) is 40.5 Å². The van der Waals surface area contributed by atoms with Crippen molar-refractivity contribution in [3.8, 4) is 11.5 Å². The molecule has 0 spiro atoms. The minimum absolute atomic E-state index is 0.244. The molecule has 0 aliphatic rings. The third-order valence-electron chi connectivity index (χ3n) is 1.81. The maximum Gasteiger partial charge on any atom is 0.116 e. The van der Waals surface area contributed by atoms with E-state index in [0.717, 1.165) is 10.8 Å². The molecule has 0 aromatic heterocycles. The van der Waals surface area contributed by atoms with E-state index < -0.39 is 0 Å². The fraction of sp³-hybridized carbons (Fsp3) is 0. The van der Waals surface area contributed by atoms with E-state index in [1.165, 1.54) is 0 Å². The lowest BCUT2D eigenvalue weighted by atomic mass is 10.1. The average Bonchev–Trinajstić information content (AvgIpc) is 2.05. The number of hydrogen-bond donors (Lipinski definition) is 2. The second-order valence-corrected chi connectivity index (χ2v) is 2.72. The van der Waals surface area contributed by atoms with Crippen molar-refractivity contribution in [1.29, 1.82) is 0 Å². The molecule has 60 valence electrons. The normalized spacial score (nSPS) is 10.3. The van der Waals surface area contributed by atoms with E-state index >= 15 is 0 Å². The van der Waals surface area contributed by atoms with Crippen molar-refractivity contribution in [2.75, 3.05) is 0 Å². The fourth-order valence-electron chi connectivity index (χ4n) is 1.22. The third kappa shape index (κ3) is 1.07. The first-order chi connectivity index (χ1) is 5.75. The predicted octanol–water partition coefficient (Wildman–Crippen LogP) is 2.25. The van der Waals surface area contributed by atoms with Gasteiger partial charge in [-0.2, -0.15) is 0 Å². The van der Waals surface area contributed by atoms with E-state index in [1.807, 2.05) is 0 Å². The van der Waals surface area contributed by atoms with Crippen LogP contribution < -0.4 is 0 Å². The standard InChI is InChI=1S/C10H8O2/c11-9-3-1-7-5-10(12)4-2-8(7)6-9/h1-6,11-12H. The van der Waals surface area contributed by atoms with E-state index in [1.54, 1.807) is 36.4 Å². The van der Waals surface area contributed by atoms with E-state index in [4.69, 9.17) is 10.2 Å². The zero-order valence-electron chi connectivity index (χ0n) is 6.36. The van der Waals surface area contributed by atoms with Crippen molar-refractivity contribution in [3.63, 3.8) is 0 Å². The summed E-state index contributed by atoms with van der Waals surface area (Å²) in [7, 11) is 0. The first-order valence-corrected chi connectivity index (χ1v) is 3.67. The number of fused-ring (bicyclic) bond motifs is 1. The Morgan fingerprint density at radius 2 is 1.08 bits per heavy atom. The predicted molar refractivity (Wildman–Crippen MR) is 47.3 cm³/mol. The van der Waals surface area contributed by atoms with E-state index in [0.29, 0.717) is 0 Å². The average molecular weight is 160 g/mol. The van der Waals surface area contributed by atoms with Crippen LogP contribution in [0.25, 0.3) is 10.8 Å². The van der Waals surface area contributed by atoms with Crippen LogP contribution in [0.1, 0.15) is 0 Å². The van der Waals surface area contributed by atoms with Gasteiger partial charge in [0, 0.05) is 0 Å². The Kier molecular flexibility index (Phi) is 1.40. The molecule has 0 bridgehead atoms. The second kappa shape index (κ2) is 2.41. The van der Waals surface area contributed by atoms with Crippen LogP contribution >= 0.6 is 0 Å². The lowest BCUT2D eigenvalue weighted by Crippen LogP contribution is -1.71. The van der Waals surface area contributed by atoms with Gasteiger partial charge in [-0.25, -0.2) is 0 Å². The number of aromatic hydroxyl groups is 2. The largest absolute Gasteiger partial charge is 0.508 e. The first kappa shape index (κ1) is 6.98. The van der Waals surface area contributed by atoms with E-state index in [2.05, 4.69) is 0 Å². The molecule has 2 nitrogen and oxygen atoms in total. The van der Waals surface area contributed by atoms with Crippen LogP contribution in [0.2, 0.25) is 0 Å². The summed E-state index contributed by atoms with van der Waals surface area (Å²) in [6.07, 6.45) is 0. The molecule has 12 heavy (non-hydrogen) atoms. The van der Waals surface area contributed by atoms with Gasteiger partial charge in [-0.05, 0) is 35.0 Å². The van der Waals surface area contributed by atoms with Gasteiger partial charge >= 0.3 is 0 Å². The molecule has 0 heterocycles.